The number of anilines is 2. The van der Waals surface area contributed by atoms with Gasteiger partial charge in [0.2, 0.25) is 5.91 Å². The van der Waals surface area contributed by atoms with Crippen molar-refractivity contribution in [1.82, 2.24) is 19.7 Å². The zero-order valence-electron chi connectivity index (χ0n) is 16.5. The van der Waals surface area contributed by atoms with Crippen molar-refractivity contribution in [2.45, 2.75) is 19.4 Å². The summed E-state index contributed by atoms with van der Waals surface area (Å²) in [6.07, 6.45) is 4.11. The van der Waals surface area contributed by atoms with E-state index in [-0.39, 0.29) is 12.5 Å². The maximum absolute atomic E-state index is 12.6. The molecule has 5 rings (SSSR count). The fourth-order valence-corrected chi connectivity index (χ4v) is 3.84. The van der Waals surface area contributed by atoms with Crippen LogP contribution < -0.4 is 10.2 Å². The molecule has 0 saturated carbocycles. The molecule has 0 aliphatic carbocycles. The Morgan fingerprint density at radius 2 is 1.83 bits per heavy atom. The number of carbonyl (C=O) groups is 1. The van der Waals surface area contributed by atoms with Gasteiger partial charge in [-0.1, -0.05) is 24.3 Å². The minimum Gasteiger partial charge on any atom is -0.355 e. The molecule has 30 heavy (non-hydrogen) atoms. The van der Waals surface area contributed by atoms with Crippen LogP contribution in [0.15, 0.2) is 67.0 Å². The third kappa shape index (κ3) is 3.74. The van der Waals surface area contributed by atoms with Crippen molar-refractivity contribution >= 4 is 28.4 Å². The lowest BCUT2D eigenvalue weighted by Crippen LogP contribution is -2.19. The third-order valence-electron chi connectivity index (χ3n) is 5.36. The fraction of sp³-hybridized carbons (Fsp3) is 0.217. The quantitative estimate of drug-likeness (QED) is 0.554. The van der Waals surface area contributed by atoms with Crippen LogP contribution in [-0.4, -0.2) is 38.7 Å². The van der Waals surface area contributed by atoms with E-state index in [1.165, 1.54) is 12.8 Å². The van der Waals surface area contributed by atoms with Gasteiger partial charge in [-0.2, -0.15) is 0 Å². The number of hydrogen-bond donors (Lipinski definition) is 1. The van der Waals surface area contributed by atoms with Gasteiger partial charge in [0, 0.05) is 24.3 Å². The van der Waals surface area contributed by atoms with Crippen LogP contribution in [-0.2, 0) is 11.3 Å². The highest BCUT2D eigenvalue weighted by Crippen LogP contribution is 2.23. The van der Waals surface area contributed by atoms with Gasteiger partial charge in [-0.3, -0.25) is 4.79 Å². The molecule has 2 aromatic heterocycles. The first-order chi connectivity index (χ1) is 14.8. The second-order valence-electron chi connectivity index (χ2n) is 7.46. The molecule has 1 amide bonds. The minimum atomic E-state index is -0.106. The first-order valence-electron chi connectivity index (χ1n) is 10.2. The molecule has 7 heteroatoms. The van der Waals surface area contributed by atoms with Gasteiger partial charge in [-0.25, -0.2) is 4.98 Å². The largest absolute Gasteiger partial charge is 0.355 e. The Balaban J connectivity index is 1.29. The molecule has 7 nitrogen and oxygen atoms in total. The van der Waals surface area contributed by atoms with E-state index in [0.29, 0.717) is 0 Å². The summed E-state index contributed by atoms with van der Waals surface area (Å²) < 4.78 is 1.84. The van der Waals surface area contributed by atoms with E-state index in [1.807, 2.05) is 65.2 Å². The molecule has 0 atom stereocenters. The molecule has 0 unspecified atom stereocenters. The molecule has 3 heterocycles. The fourth-order valence-electron chi connectivity index (χ4n) is 3.84. The highest BCUT2D eigenvalue weighted by atomic mass is 16.1. The summed E-state index contributed by atoms with van der Waals surface area (Å²) in [6, 6.07) is 19.4. The van der Waals surface area contributed by atoms with Crippen LogP contribution in [0.1, 0.15) is 12.8 Å². The van der Waals surface area contributed by atoms with Crippen molar-refractivity contribution in [2.75, 3.05) is 23.3 Å². The van der Waals surface area contributed by atoms with Gasteiger partial charge in [-0.15, -0.1) is 10.2 Å². The summed E-state index contributed by atoms with van der Waals surface area (Å²) >= 11 is 0. The van der Waals surface area contributed by atoms with E-state index in [1.54, 1.807) is 6.33 Å². The van der Waals surface area contributed by atoms with E-state index >= 15 is 0 Å². The maximum atomic E-state index is 12.6. The van der Waals surface area contributed by atoms with Gasteiger partial charge in [0.1, 0.15) is 6.54 Å². The highest BCUT2D eigenvalue weighted by Gasteiger charge is 2.14. The number of amides is 1. The number of nitrogens with one attached hydrogen (secondary N) is 1. The van der Waals surface area contributed by atoms with Gasteiger partial charge >= 0.3 is 0 Å². The summed E-state index contributed by atoms with van der Waals surface area (Å²) in [4.78, 5) is 19.2. The Labute approximate surface area is 174 Å². The Hall–Kier alpha value is -3.74. The summed E-state index contributed by atoms with van der Waals surface area (Å²) in [5, 5.41) is 11.7. The lowest BCUT2D eigenvalue weighted by molar-refractivity contribution is -0.116. The smallest absolute Gasteiger partial charge is 0.244 e. The first kappa shape index (κ1) is 18.3. The molecule has 1 aliphatic rings. The zero-order valence-corrected chi connectivity index (χ0v) is 16.5. The average molecular weight is 398 g/mol. The lowest BCUT2D eigenvalue weighted by Gasteiger charge is -2.15. The van der Waals surface area contributed by atoms with Crippen LogP contribution in [0.25, 0.3) is 22.3 Å². The number of imidazole rings is 1. The number of aromatic nitrogens is 4. The number of fused-ring (bicyclic) bond motifs is 1. The Morgan fingerprint density at radius 3 is 2.67 bits per heavy atom. The Kier molecular flexibility index (Phi) is 4.85. The summed E-state index contributed by atoms with van der Waals surface area (Å²) in [5.41, 5.74) is 4.25. The number of hydrogen-bond acceptors (Lipinski definition) is 5. The van der Waals surface area contributed by atoms with Crippen LogP contribution in [0.4, 0.5) is 11.5 Å². The van der Waals surface area contributed by atoms with Crippen molar-refractivity contribution in [2.24, 2.45) is 0 Å². The average Bonchev–Trinajstić information content (AvgIpc) is 3.45. The van der Waals surface area contributed by atoms with Gasteiger partial charge in [0.25, 0.3) is 0 Å². The van der Waals surface area contributed by atoms with Crippen LogP contribution in [0.3, 0.4) is 0 Å². The van der Waals surface area contributed by atoms with Crippen molar-refractivity contribution < 1.29 is 4.79 Å². The number of benzene rings is 2. The summed E-state index contributed by atoms with van der Waals surface area (Å²) in [6.45, 7) is 2.29. The Bertz CT molecular complexity index is 1180. The maximum Gasteiger partial charge on any atom is 0.244 e. The molecule has 0 bridgehead atoms. The lowest BCUT2D eigenvalue weighted by atomic mass is 10.1. The molecule has 4 aromatic rings. The van der Waals surface area contributed by atoms with Crippen molar-refractivity contribution in [3.63, 3.8) is 0 Å². The van der Waals surface area contributed by atoms with Gasteiger partial charge < -0.3 is 14.8 Å². The number of carbonyl (C=O) groups excluding carboxylic acids is 1. The monoisotopic (exact) mass is 398 g/mol. The van der Waals surface area contributed by atoms with E-state index in [2.05, 4.69) is 25.4 Å². The molecule has 0 radical (unpaired) electrons. The van der Waals surface area contributed by atoms with Crippen LogP contribution in [0, 0.1) is 0 Å². The van der Waals surface area contributed by atoms with Crippen molar-refractivity contribution in [1.29, 1.82) is 0 Å². The number of para-hydroxylation sites is 2. The second kappa shape index (κ2) is 7.94. The zero-order chi connectivity index (χ0) is 20.3. The van der Waals surface area contributed by atoms with E-state index in [4.69, 9.17) is 0 Å². The van der Waals surface area contributed by atoms with Crippen LogP contribution in [0.5, 0.6) is 0 Å². The number of rotatable bonds is 5. The third-order valence-corrected chi connectivity index (χ3v) is 5.36. The van der Waals surface area contributed by atoms with E-state index in [0.717, 1.165) is 46.9 Å². The molecule has 2 aromatic carbocycles. The van der Waals surface area contributed by atoms with Gasteiger partial charge in [0.15, 0.2) is 5.82 Å². The van der Waals surface area contributed by atoms with Crippen LogP contribution in [0.2, 0.25) is 0 Å². The molecule has 1 saturated heterocycles. The summed E-state index contributed by atoms with van der Waals surface area (Å²) in [5.74, 6) is 0.819. The van der Waals surface area contributed by atoms with E-state index in [9.17, 15) is 4.79 Å². The van der Waals surface area contributed by atoms with Crippen LogP contribution >= 0.6 is 0 Å². The molecule has 0 spiro atoms. The van der Waals surface area contributed by atoms with Crippen molar-refractivity contribution in [3.8, 4) is 11.3 Å². The Morgan fingerprint density at radius 1 is 0.967 bits per heavy atom. The molecule has 1 aliphatic heterocycles. The van der Waals surface area contributed by atoms with E-state index < -0.39 is 0 Å². The predicted molar refractivity (Wildman–Crippen MR) is 117 cm³/mol. The summed E-state index contributed by atoms with van der Waals surface area (Å²) in [7, 11) is 0. The standard InChI is InChI=1S/C23H22N6O/c30-23(15-29-16-24-20-8-1-2-9-21(20)29)25-18-7-5-6-17(14-18)19-10-11-22(27-26-19)28-12-3-4-13-28/h1-2,5-11,14,16H,3-4,12-13,15H2,(H,25,30). The SMILES string of the molecule is O=C(Cn1cnc2ccccc21)Nc1cccc(-c2ccc(N3CCCC3)nn2)c1. The number of nitrogens with zero attached hydrogens (tertiary/aromatic N) is 5. The first-order valence-corrected chi connectivity index (χ1v) is 10.2. The normalized spacial score (nSPS) is 13.7. The molecule has 1 fully saturated rings. The topological polar surface area (TPSA) is 75.9 Å². The van der Waals surface area contributed by atoms with Gasteiger partial charge in [0.05, 0.1) is 23.1 Å². The minimum absolute atomic E-state index is 0.106. The van der Waals surface area contributed by atoms with Crippen molar-refractivity contribution in [3.05, 3.63) is 67.0 Å². The second-order valence-corrected chi connectivity index (χ2v) is 7.46. The highest BCUT2D eigenvalue weighted by molar-refractivity contribution is 5.92. The molecule has 1 N–H and O–H groups in total. The molecular formula is C23H22N6O. The molecular weight excluding hydrogens is 376 g/mol. The van der Waals surface area contributed by atoms with Gasteiger partial charge in [-0.05, 0) is 49.2 Å². The predicted octanol–water partition coefficient (Wildman–Crippen LogP) is 3.73. The molecule has 150 valence electrons.